The first-order valence-electron chi connectivity index (χ1n) is 10.2. The average molecular weight is 351 g/mol. The lowest BCUT2D eigenvalue weighted by Gasteiger charge is -2.29. The molecule has 26 heavy (non-hydrogen) atoms. The highest BCUT2D eigenvalue weighted by molar-refractivity contribution is 5.66. The number of halogens is 1. The number of benzene rings is 2. The van der Waals surface area contributed by atoms with Crippen LogP contribution in [0.25, 0.3) is 17.2 Å². The SMILES string of the molecule is C=Cc1ccc(-c2ccc(C3CCC(CCCCC)CC3)cc2)cc1F. The molecule has 0 amide bonds. The highest BCUT2D eigenvalue weighted by Gasteiger charge is 2.22. The Morgan fingerprint density at radius 2 is 1.65 bits per heavy atom. The molecule has 1 saturated carbocycles. The molecule has 0 aromatic heterocycles. The summed E-state index contributed by atoms with van der Waals surface area (Å²) in [5.74, 6) is 1.44. The summed E-state index contributed by atoms with van der Waals surface area (Å²) in [6.45, 7) is 5.92. The molecule has 0 saturated heterocycles. The Morgan fingerprint density at radius 3 is 2.27 bits per heavy atom. The van der Waals surface area contributed by atoms with E-state index in [1.807, 2.05) is 6.07 Å². The molecule has 2 aromatic carbocycles. The van der Waals surface area contributed by atoms with Crippen LogP contribution in [-0.2, 0) is 0 Å². The molecule has 0 N–H and O–H groups in total. The van der Waals surface area contributed by atoms with Crippen molar-refractivity contribution in [3.05, 3.63) is 66.0 Å². The van der Waals surface area contributed by atoms with Crippen LogP contribution in [0.2, 0.25) is 0 Å². The van der Waals surface area contributed by atoms with Gasteiger partial charge in [-0.3, -0.25) is 0 Å². The van der Waals surface area contributed by atoms with Gasteiger partial charge in [-0.25, -0.2) is 4.39 Å². The standard InChI is InChI=1S/C25H31F/c1-3-5-6-7-19-8-10-21(11-9-19)22-13-15-23(16-14-22)24-17-12-20(4-2)25(26)18-24/h4,12-19,21H,2-3,5-11H2,1H3. The fraction of sp³-hybridized carbons (Fsp3) is 0.440. The number of unbranched alkanes of at least 4 members (excludes halogenated alkanes) is 2. The lowest BCUT2D eigenvalue weighted by molar-refractivity contribution is 0.303. The van der Waals surface area contributed by atoms with E-state index in [1.165, 1.54) is 56.9 Å². The molecule has 3 rings (SSSR count). The molecular weight excluding hydrogens is 319 g/mol. The molecule has 1 heteroatoms. The van der Waals surface area contributed by atoms with Gasteiger partial charge in [0.05, 0.1) is 0 Å². The smallest absolute Gasteiger partial charge is 0.131 e. The van der Waals surface area contributed by atoms with Crippen LogP contribution in [0.5, 0.6) is 0 Å². The van der Waals surface area contributed by atoms with E-state index in [-0.39, 0.29) is 5.82 Å². The Kier molecular flexibility index (Phi) is 6.66. The van der Waals surface area contributed by atoms with E-state index in [0.29, 0.717) is 11.5 Å². The molecule has 1 aliphatic carbocycles. The zero-order valence-corrected chi connectivity index (χ0v) is 16.0. The Hall–Kier alpha value is -1.89. The summed E-state index contributed by atoms with van der Waals surface area (Å²) in [7, 11) is 0. The predicted octanol–water partition coefficient (Wildman–Crippen LogP) is 7.99. The maximum absolute atomic E-state index is 14.0. The van der Waals surface area contributed by atoms with Crippen LogP contribution < -0.4 is 0 Å². The van der Waals surface area contributed by atoms with Gasteiger partial charge in [0.2, 0.25) is 0 Å². The highest BCUT2D eigenvalue weighted by atomic mass is 19.1. The first kappa shape index (κ1) is 18.9. The van der Waals surface area contributed by atoms with Crippen LogP contribution >= 0.6 is 0 Å². The van der Waals surface area contributed by atoms with Crippen molar-refractivity contribution in [2.24, 2.45) is 5.92 Å². The molecule has 0 aliphatic heterocycles. The first-order chi connectivity index (χ1) is 12.7. The van der Waals surface area contributed by atoms with Gasteiger partial charge >= 0.3 is 0 Å². The predicted molar refractivity (Wildman–Crippen MR) is 111 cm³/mol. The Bertz CT molecular complexity index is 705. The van der Waals surface area contributed by atoms with Crippen LogP contribution in [0.3, 0.4) is 0 Å². The topological polar surface area (TPSA) is 0 Å². The molecule has 2 aromatic rings. The van der Waals surface area contributed by atoms with Crippen molar-refractivity contribution in [1.82, 2.24) is 0 Å². The molecule has 0 nitrogen and oxygen atoms in total. The van der Waals surface area contributed by atoms with Gasteiger partial charge in [0, 0.05) is 5.56 Å². The Balaban J connectivity index is 1.60. The molecule has 0 unspecified atom stereocenters. The lowest BCUT2D eigenvalue weighted by atomic mass is 9.77. The van der Waals surface area contributed by atoms with E-state index in [4.69, 9.17) is 0 Å². The maximum Gasteiger partial charge on any atom is 0.131 e. The molecular formula is C25H31F. The second-order valence-electron chi connectivity index (χ2n) is 7.78. The third-order valence-electron chi connectivity index (χ3n) is 6.00. The van der Waals surface area contributed by atoms with E-state index in [2.05, 4.69) is 37.8 Å². The summed E-state index contributed by atoms with van der Waals surface area (Å²) in [4.78, 5) is 0. The first-order valence-corrected chi connectivity index (χ1v) is 10.2. The van der Waals surface area contributed by atoms with Crippen molar-refractivity contribution < 1.29 is 4.39 Å². The summed E-state index contributed by atoms with van der Waals surface area (Å²) in [5.41, 5.74) is 4.01. The zero-order chi connectivity index (χ0) is 18.4. The van der Waals surface area contributed by atoms with Gasteiger partial charge in [0.1, 0.15) is 5.82 Å². The minimum Gasteiger partial charge on any atom is -0.206 e. The third-order valence-corrected chi connectivity index (χ3v) is 6.00. The summed E-state index contributed by atoms with van der Waals surface area (Å²) < 4.78 is 14.0. The van der Waals surface area contributed by atoms with Gasteiger partial charge in [-0.05, 0) is 60.3 Å². The Labute approximate surface area is 158 Å². The van der Waals surface area contributed by atoms with E-state index >= 15 is 0 Å². The number of hydrogen-bond donors (Lipinski definition) is 0. The summed E-state index contributed by atoms with van der Waals surface area (Å²) in [6.07, 6.45) is 12.5. The number of rotatable bonds is 7. The summed E-state index contributed by atoms with van der Waals surface area (Å²) in [5, 5.41) is 0. The van der Waals surface area contributed by atoms with E-state index < -0.39 is 0 Å². The van der Waals surface area contributed by atoms with Crippen molar-refractivity contribution >= 4 is 6.08 Å². The van der Waals surface area contributed by atoms with Crippen molar-refractivity contribution in [3.8, 4) is 11.1 Å². The molecule has 1 aliphatic rings. The van der Waals surface area contributed by atoms with Crippen molar-refractivity contribution in [2.75, 3.05) is 0 Å². The van der Waals surface area contributed by atoms with Gasteiger partial charge in [0.25, 0.3) is 0 Å². The second kappa shape index (κ2) is 9.16. The maximum atomic E-state index is 14.0. The van der Waals surface area contributed by atoms with Crippen molar-refractivity contribution in [2.45, 2.75) is 64.2 Å². The minimum absolute atomic E-state index is 0.206. The third kappa shape index (κ3) is 4.63. The van der Waals surface area contributed by atoms with E-state index in [0.717, 1.165) is 17.0 Å². The van der Waals surface area contributed by atoms with Crippen LogP contribution in [0.4, 0.5) is 4.39 Å². The van der Waals surface area contributed by atoms with Crippen molar-refractivity contribution in [3.63, 3.8) is 0 Å². The van der Waals surface area contributed by atoms with Gasteiger partial charge in [-0.1, -0.05) is 81.7 Å². The van der Waals surface area contributed by atoms with Gasteiger partial charge < -0.3 is 0 Å². The lowest BCUT2D eigenvalue weighted by Crippen LogP contribution is -2.13. The van der Waals surface area contributed by atoms with Crippen LogP contribution in [-0.4, -0.2) is 0 Å². The van der Waals surface area contributed by atoms with Crippen LogP contribution in [0, 0.1) is 11.7 Å². The molecule has 0 heterocycles. The molecule has 0 atom stereocenters. The van der Waals surface area contributed by atoms with Crippen LogP contribution in [0.1, 0.15) is 75.3 Å². The highest BCUT2D eigenvalue weighted by Crippen LogP contribution is 2.38. The van der Waals surface area contributed by atoms with Gasteiger partial charge in [0.15, 0.2) is 0 Å². The fourth-order valence-electron chi connectivity index (χ4n) is 4.29. The van der Waals surface area contributed by atoms with Crippen LogP contribution in [0.15, 0.2) is 49.0 Å². The molecule has 1 fully saturated rings. The average Bonchev–Trinajstić information content (AvgIpc) is 2.69. The molecule has 0 bridgehead atoms. The van der Waals surface area contributed by atoms with E-state index in [1.54, 1.807) is 18.2 Å². The summed E-state index contributed by atoms with van der Waals surface area (Å²) in [6, 6.07) is 14.2. The summed E-state index contributed by atoms with van der Waals surface area (Å²) >= 11 is 0. The molecule has 0 spiro atoms. The van der Waals surface area contributed by atoms with E-state index in [9.17, 15) is 4.39 Å². The normalized spacial score (nSPS) is 20.1. The number of hydrogen-bond acceptors (Lipinski definition) is 0. The van der Waals surface area contributed by atoms with Gasteiger partial charge in [-0.2, -0.15) is 0 Å². The molecule has 138 valence electrons. The molecule has 0 radical (unpaired) electrons. The Morgan fingerprint density at radius 1 is 0.962 bits per heavy atom. The monoisotopic (exact) mass is 350 g/mol. The largest absolute Gasteiger partial charge is 0.206 e. The minimum atomic E-state index is -0.206. The zero-order valence-electron chi connectivity index (χ0n) is 16.0. The second-order valence-corrected chi connectivity index (χ2v) is 7.78. The fourth-order valence-corrected chi connectivity index (χ4v) is 4.29. The quantitative estimate of drug-likeness (QED) is 0.444. The van der Waals surface area contributed by atoms with Gasteiger partial charge in [-0.15, -0.1) is 0 Å². The van der Waals surface area contributed by atoms with Crippen molar-refractivity contribution in [1.29, 1.82) is 0 Å².